The van der Waals surface area contributed by atoms with Crippen LogP contribution in [0.15, 0.2) is 103 Å². The number of thioether (sulfide) groups is 1. The number of benzene rings is 3. The first kappa shape index (κ1) is 40.3. The molecule has 6 rings (SSSR count). The average molecular weight is 837 g/mol. The summed E-state index contributed by atoms with van der Waals surface area (Å²) < 4.78 is 59.8. The van der Waals surface area contributed by atoms with E-state index in [1.807, 2.05) is 37.3 Å². The molecule has 5 aromatic rings. The number of pyridine rings is 1. The molecule has 1 aliphatic rings. The van der Waals surface area contributed by atoms with Crippen LogP contribution in [0.3, 0.4) is 0 Å². The Kier molecular flexibility index (Phi) is 12.2. The van der Waals surface area contributed by atoms with Crippen molar-refractivity contribution in [2.45, 2.75) is 71.8 Å². The van der Waals surface area contributed by atoms with E-state index in [9.17, 15) is 8.78 Å². The van der Waals surface area contributed by atoms with Crippen LogP contribution in [0.5, 0.6) is 0 Å². The molecule has 2 unspecified atom stereocenters. The number of methoxy groups -OCH3 is 1. The number of fused-ring (bicyclic) bond motifs is 1. The Morgan fingerprint density at radius 1 is 0.907 bits per heavy atom. The first-order valence-corrected chi connectivity index (χ1v) is 22.2. The van der Waals surface area contributed by atoms with Crippen molar-refractivity contribution in [1.82, 2.24) is 14.5 Å². The molecule has 0 saturated carbocycles. The lowest BCUT2D eigenvalue weighted by atomic mass is 9.84. The maximum atomic E-state index is 16.2. The molecule has 0 radical (unpaired) electrons. The number of alkyl halides is 4. The Morgan fingerprint density at radius 3 is 2.11 bits per heavy atom. The molecule has 3 heterocycles. The van der Waals surface area contributed by atoms with E-state index in [1.165, 1.54) is 14.9 Å². The van der Waals surface area contributed by atoms with Gasteiger partial charge < -0.3 is 18.6 Å². The Morgan fingerprint density at radius 2 is 1.56 bits per heavy atom. The first-order valence-electron chi connectivity index (χ1n) is 18.2. The minimum atomic E-state index is -3.25. The lowest BCUT2D eigenvalue weighted by molar-refractivity contribution is 0.0114. The first-order chi connectivity index (χ1) is 25.7. The minimum absolute atomic E-state index is 0.239. The zero-order chi connectivity index (χ0) is 38.8. The predicted octanol–water partition coefficient (Wildman–Crippen LogP) is 10.9. The standard InChI is InChI=1S/C43H49BrF3N3O2SSi/c1-29(51-7)38-33(19-14-22-48-38)39-35(34-23-30(37-25-49(27-44)28-53-37)20-21-36(34)50(39)41(47)40(45)46)24-43(5,6)26-52-54(42(2,3)4,31-15-10-8-11-16-31)32-17-12-9-13-18-32/h8-23,25,29,40-41H,24,26-28H2,1-7H3. The van der Waals surface area contributed by atoms with Crippen LogP contribution in [-0.4, -0.2) is 54.2 Å². The molecule has 1 aliphatic heterocycles. The summed E-state index contributed by atoms with van der Waals surface area (Å²) in [5.41, 5.74) is 3.78. The second-order valence-corrected chi connectivity index (χ2v) is 21.5. The van der Waals surface area contributed by atoms with Gasteiger partial charge in [0.05, 0.1) is 34.3 Å². The van der Waals surface area contributed by atoms with Crippen molar-refractivity contribution in [2.75, 3.05) is 25.0 Å². The normalized spacial score (nSPS) is 15.3. The largest absolute Gasteiger partial charge is 0.407 e. The van der Waals surface area contributed by atoms with Crippen LogP contribution in [-0.2, 0) is 15.6 Å². The highest BCUT2D eigenvalue weighted by atomic mass is 79.9. The summed E-state index contributed by atoms with van der Waals surface area (Å²) >= 11 is 5.26. The Labute approximate surface area is 331 Å². The Bertz CT molecular complexity index is 2050. The fraction of sp³-hybridized carbons (Fsp3) is 0.372. The van der Waals surface area contributed by atoms with Gasteiger partial charge >= 0.3 is 0 Å². The van der Waals surface area contributed by atoms with Crippen LogP contribution < -0.4 is 10.4 Å². The van der Waals surface area contributed by atoms with Gasteiger partial charge in [-0.1, -0.05) is 117 Å². The van der Waals surface area contributed by atoms with Crippen LogP contribution in [0.2, 0.25) is 5.04 Å². The molecule has 3 aromatic carbocycles. The van der Waals surface area contributed by atoms with Gasteiger partial charge in [0.1, 0.15) is 0 Å². The highest BCUT2D eigenvalue weighted by Crippen LogP contribution is 2.46. The van der Waals surface area contributed by atoms with Crippen LogP contribution in [0.4, 0.5) is 13.2 Å². The molecule has 2 atom stereocenters. The summed E-state index contributed by atoms with van der Waals surface area (Å²) in [5, 5.41) is 2.83. The Balaban J connectivity index is 1.55. The predicted molar refractivity (Wildman–Crippen MR) is 224 cm³/mol. The molecule has 0 spiro atoms. The summed E-state index contributed by atoms with van der Waals surface area (Å²) in [6.45, 7) is 13.3. The van der Waals surface area contributed by atoms with Crippen molar-refractivity contribution in [3.63, 3.8) is 0 Å². The van der Waals surface area contributed by atoms with E-state index in [0.29, 0.717) is 40.9 Å². The average Bonchev–Trinajstić information content (AvgIpc) is 3.77. The number of nitrogens with zero attached hydrogens (tertiary/aromatic N) is 3. The summed E-state index contributed by atoms with van der Waals surface area (Å²) in [5.74, 6) is 0.788. The third kappa shape index (κ3) is 7.85. The molecule has 11 heteroatoms. The summed E-state index contributed by atoms with van der Waals surface area (Å²) in [6, 6.07) is 30.3. The molecular formula is C43H49BrF3N3O2SSi. The number of hydrogen-bond acceptors (Lipinski definition) is 5. The van der Waals surface area contributed by atoms with Gasteiger partial charge in [-0.3, -0.25) is 4.98 Å². The van der Waals surface area contributed by atoms with E-state index in [1.54, 1.807) is 37.2 Å². The zero-order valence-corrected chi connectivity index (χ0v) is 35.4. The van der Waals surface area contributed by atoms with Gasteiger partial charge in [-0.05, 0) is 69.6 Å². The number of aromatic nitrogens is 2. The van der Waals surface area contributed by atoms with Crippen molar-refractivity contribution in [1.29, 1.82) is 0 Å². The van der Waals surface area contributed by atoms with Gasteiger partial charge in [-0.25, -0.2) is 13.2 Å². The molecular weight excluding hydrogens is 788 g/mol. The van der Waals surface area contributed by atoms with E-state index in [0.717, 1.165) is 27.3 Å². The maximum Gasteiger partial charge on any atom is 0.288 e. The SMILES string of the molecule is COC(C)c1ncccc1-c1c(CC(C)(C)CO[Si](c2ccccc2)(c2ccccc2)C(C)(C)C)c2cc(C3=CN(CBr)CS3)ccc2n1C(F)C(F)F. The van der Waals surface area contributed by atoms with Gasteiger partial charge in [-0.2, -0.15) is 0 Å². The Hall–Kier alpha value is -3.35. The van der Waals surface area contributed by atoms with E-state index < -0.39 is 32.6 Å². The van der Waals surface area contributed by atoms with E-state index >= 15 is 4.39 Å². The van der Waals surface area contributed by atoms with Crippen molar-refractivity contribution in [3.8, 4) is 11.3 Å². The van der Waals surface area contributed by atoms with Gasteiger partial charge in [-0.15, -0.1) is 11.8 Å². The second kappa shape index (κ2) is 16.4. The highest BCUT2D eigenvalue weighted by Gasteiger charge is 2.51. The van der Waals surface area contributed by atoms with Crippen molar-refractivity contribution < 1.29 is 22.3 Å². The van der Waals surface area contributed by atoms with E-state index in [4.69, 9.17) is 9.16 Å². The third-order valence-electron chi connectivity index (χ3n) is 10.3. The van der Waals surface area contributed by atoms with Crippen LogP contribution in [0.1, 0.15) is 70.8 Å². The zero-order valence-electron chi connectivity index (χ0n) is 32.0. The van der Waals surface area contributed by atoms with Crippen molar-refractivity contribution >= 4 is 62.2 Å². The maximum absolute atomic E-state index is 16.2. The van der Waals surface area contributed by atoms with Crippen LogP contribution in [0.25, 0.3) is 27.1 Å². The second-order valence-electron chi connectivity index (χ2n) is 15.7. The third-order valence-corrected chi connectivity index (χ3v) is 17.0. The molecule has 0 saturated heterocycles. The highest BCUT2D eigenvalue weighted by molar-refractivity contribution is 9.09. The van der Waals surface area contributed by atoms with Crippen LogP contribution in [0, 0.1) is 5.41 Å². The fourth-order valence-corrected chi connectivity index (χ4v) is 14.0. The summed E-state index contributed by atoms with van der Waals surface area (Å²) in [7, 11) is -1.33. The van der Waals surface area contributed by atoms with Gasteiger partial charge in [0.25, 0.3) is 14.7 Å². The number of hydrogen-bond donors (Lipinski definition) is 0. The fourth-order valence-electron chi connectivity index (χ4n) is 7.64. The molecule has 5 nitrogen and oxygen atoms in total. The molecule has 0 amide bonds. The molecule has 0 fully saturated rings. The minimum Gasteiger partial charge on any atom is -0.407 e. The van der Waals surface area contributed by atoms with E-state index in [2.05, 4.69) is 115 Å². The molecule has 0 bridgehead atoms. The summed E-state index contributed by atoms with van der Waals surface area (Å²) in [4.78, 5) is 7.86. The van der Waals surface area contributed by atoms with E-state index in [-0.39, 0.29) is 5.04 Å². The lowest BCUT2D eigenvalue weighted by Gasteiger charge is -2.44. The number of rotatable bonds is 14. The molecule has 0 aliphatic carbocycles. The number of halogens is 4. The number of ether oxygens (including phenoxy) is 1. The van der Waals surface area contributed by atoms with Gasteiger partial charge in [0.2, 0.25) is 6.30 Å². The molecule has 0 N–H and O–H groups in total. The van der Waals surface area contributed by atoms with Gasteiger partial charge in [0.15, 0.2) is 0 Å². The van der Waals surface area contributed by atoms with Crippen molar-refractivity contribution in [2.24, 2.45) is 5.41 Å². The van der Waals surface area contributed by atoms with Crippen LogP contribution >= 0.6 is 27.7 Å². The monoisotopic (exact) mass is 835 g/mol. The van der Waals surface area contributed by atoms with Crippen molar-refractivity contribution in [3.05, 3.63) is 120 Å². The molecule has 54 heavy (non-hydrogen) atoms. The topological polar surface area (TPSA) is 39.5 Å². The molecule has 286 valence electrons. The molecule has 2 aromatic heterocycles. The lowest BCUT2D eigenvalue weighted by Crippen LogP contribution is -2.67. The quantitative estimate of drug-likeness (QED) is 0.0633. The van der Waals surface area contributed by atoms with Gasteiger partial charge in [0, 0.05) is 42.0 Å². The smallest absolute Gasteiger partial charge is 0.288 e. The summed E-state index contributed by atoms with van der Waals surface area (Å²) in [6.07, 6.45) is -2.15.